The van der Waals surface area contributed by atoms with Gasteiger partial charge in [-0.2, -0.15) is 5.26 Å². The minimum atomic E-state index is 0.482. The highest BCUT2D eigenvalue weighted by Gasteiger charge is 2.04. The van der Waals surface area contributed by atoms with Crippen molar-refractivity contribution in [2.45, 2.75) is 0 Å². The van der Waals surface area contributed by atoms with Crippen molar-refractivity contribution in [1.29, 1.82) is 5.26 Å². The van der Waals surface area contributed by atoms with E-state index in [4.69, 9.17) is 29.1 Å². The summed E-state index contributed by atoms with van der Waals surface area (Å²) < 4.78 is 0. The molecule has 0 spiro atoms. The molecule has 0 aliphatic rings. The van der Waals surface area contributed by atoms with E-state index < -0.39 is 0 Å². The van der Waals surface area contributed by atoms with Gasteiger partial charge in [-0.25, -0.2) is 0 Å². The molecule has 0 aromatic heterocycles. The minimum Gasteiger partial charge on any atom is -0.361 e. The fourth-order valence-corrected chi connectivity index (χ4v) is 1.66. The van der Waals surface area contributed by atoms with Gasteiger partial charge in [0.25, 0.3) is 0 Å². The zero-order valence-corrected chi connectivity index (χ0v) is 11.9. The van der Waals surface area contributed by atoms with Gasteiger partial charge in [0.05, 0.1) is 11.3 Å². The first kappa shape index (κ1) is 14.7. The van der Waals surface area contributed by atoms with Crippen LogP contribution < -0.4 is 10.6 Å². The number of hydrogen-bond acceptors (Lipinski definition) is 3. The lowest BCUT2D eigenvalue weighted by molar-refractivity contribution is 0.413. The molecule has 0 aliphatic carbocycles. The van der Waals surface area contributed by atoms with Crippen LogP contribution in [0.2, 0.25) is 5.02 Å². The minimum absolute atomic E-state index is 0.482. The van der Waals surface area contributed by atoms with Crippen LogP contribution >= 0.6 is 23.8 Å². The molecule has 6 heteroatoms. The highest BCUT2D eigenvalue weighted by atomic mass is 35.5. The van der Waals surface area contributed by atoms with Crippen molar-refractivity contribution in [1.82, 2.24) is 10.2 Å². The summed E-state index contributed by atoms with van der Waals surface area (Å²) >= 11 is 11.0. The summed E-state index contributed by atoms with van der Waals surface area (Å²) in [6.07, 6.45) is 0. The number of nitrogens with zero attached hydrogens (tertiary/aromatic N) is 2. The second-order valence-electron chi connectivity index (χ2n) is 3.99. The maximum absolute atomic E-state index is 8.97. The van der Waals surface area contributed by atoms with E-state index in [9.17, 15) is 0 Å². The van der Waals surface area contributed by atoms with Gasteiger partial charge in [-0.15, -0.1) is 0 Å². The van der Waals surface area contributed by atoms with E-state index in [-0.39, 0.29) is 0 Å². The van der Waals surface area contributed by atoms with Gasteiger partial charge >= 0.3 is 0 Å². The Labute approximate surface area is 118 Å². The van der Waals surface area contributed by atoms with Gasteiger partial charge < -0.3 is 15.5 Å². The van der Waals surface area contributed by atoms with Crippen molar-refractivity contribution in [3.8, 4) is 6.07 Å². The lowest BCUT2D eigenvalue weighted by Gasteiger charge is -2.14. The van der Waals surface area contributed by atoms with Gasteiger partial charge in [-0.05, 0) is 44.5 Å². The zero-order chi connectivity index (χ0) is 13.5. The largest absolute Gasteiger partial charge is 0.361 e. The standard InChI is InChI=1S/C12H15ClN4S/c1-17(2)6-5-15-12(18)16-11-7-10(13)4-3-9(11)8-14/h3-4,7H,5-6H2,1-2H3,(H2,15,16,18). The second kappa shape index (κ2) is 7.17. The first-order chi connectivity index (χ1) is 8.52. The van der Waals surface area contributed by atoms with Gasteiger partial charge in [-0.1, -0.05) is 11.6 Å². The first-order valence-corrected chi connectivity index (χ1v) is 6.21. The lowest BCUT2D eigenvalue weighted by Crippen LogP contribution is -2.34. The molecule has 2 N–H and O–H groups in total. The monoisotopic (exact) mass is 282 g/mol. The fourth-order valence-electron chi connectivity index (χ4n) is 1.28. The Morgan fingerprint density at radius 2 is 2.22 bits per heavy atom. The molecule has 0 unspecified atom stereocenters. The number of thiocarbonyl (C=S) groups is 1. The van der Waals surface area contributed by atoms with Crippen LogP contribution in [-0.2, 0) is 0 Å². The number of benzene rings is 1. The molecule has 0 amide bonds. The number of rotatable bonds is 4. The molecule has 0 saturated heterocycles. The van der Waals surface area contributed by atoms with Crippen LogP contribution in [0.5, 0.6) is 0 Å². The molecule has 1 aromatic carbocycles. The SMILES string of the molecule is CN(C)CCNC(=S)Nc1cc(Cl)ccc1C#N. The quantitative estimate of drug-likeness (QED) is 0.828. The molecule has 0 bridgehead atoms. The van der Waals surface area contributed by atoms with Gasteiger partial charge in [0, 0.05) is 18.1 Å². The van der Waals surface area contributed by atoms with Crippen LogP contribution in [-0.4, -0.2) is 37.2 Å². The molecule has 1 aromatic rings. The van der Waals surface area contributed by atoms with Crippen LogP contribution in [0.25, 0.3) is 0 Å². The average molecular weight is 283 g/mol. The van der Waals surface area contributed by atoms with Crippen molar-refractivity contribution >= 4 is 34.6 Å². The van der Waals surface area contributed by atoms with E-state index in [1.54, 1.807) is 18.2 Å². The third-order valence-corrected chi connectivity index (χ3v) is 2.68. The number of nitriles is 1. The Hall–Kier alpha value is -1.35. The lowest BCUT2D eigenvalue weighted by atomic mass is 10.2. The van der Waals surface area contributed by atoms with E-state index in [1.165, 1.54) is 0 Å². The molecule has 96 valence electrons. The van der Waals surface area contributed by atoms with Gasteiger partial charge in [0.15, 0.2) is 5.11 Å². The van der Waals surface area contributed by atoms with Gasteiger partial charge in [0.2, 0.25) is 0 Å². The highest BCUT2D eigenvalue weighted by molar-refractivity contribution is 7.80. The zero-order valence-electron chi connectivity index (χ0n) is 10.3. The number of halogens is 1. The predicted octanol–water partition coefficient (Wildman–Crippen LogP) is 2.06. The normalized spacial score (nSPS) is 9.94. The van der Waals surface area contributed by atoms with Crippen molar-refractivity contribution < 1.29 is 0 Å². The molecule has 0 radical (unpaired) electrons. The number of anilines is 1. The smallest absolute Gasteiger partial charge is 0.170 e. The maximum Gasteiger partial charge on any atom is 0.170 e. The summed E-state index contributed by atoms with van der Waals surface area (Å²) in [6, 6.07) is 7.10. The Morgan fingerprint density at radius 1 is 1.50 bits per heavy atom. The maximum atomic E-state index is 8.97. The highest BCUT2D eigenvalue weighted by Crippen LogP contribution is 2.20. The predicted molar refractivity (Wildman–Crippen MR) is 78.9 cm³/mol. The Kier molecular flexibility index (Phi) is 5.86. The van der Waals surface area contributed by atoms with Crippen molar-refractivity contribution in [3.05, 3.63) is 28.8 Å². The van der Waals surface area contributed by atoms with Crippen LogP contribution in [0.15, 0.2) is 18.2 Å². The summed E-state index contributed by atoms with van der Waals surface area (Å²) in [6.45, 7) is 1.61. The summed E-state index contributed by atoms with van der Waals surface area (Å²) in [4.78, 5) is 2.05. The third kappa shape index (κ3) is 4.88. The Morgan fingerprint density at radius 3 is 2.83 bits per heavy atom. The van der Waals surface area contributed by atoms with E-state index in [0.717, 1.165) is 13.1 Å². The third-order valence-electron chi connectivity index (χ3n) is 2.19. The molecule has 0 atom stereocenters. The van der Waals surface area contributed by atoms with Crippen molar-refractivity contribution in [3.63, 3.8) is 0 Å². The van der Waals surface area contributed by atoms with E-state index in [0.29, 0.717) is 21.4 Å². The van der Waals surface area contributed by atoms with Crippen LogP contribution in [0.3, 0.4) is 0 Å². The van der Waals surface area contributed by atoms with Crippen LogP contribution in [0.4, 0.5) is 5.69 Å². The molecular weight excluding hydrogens is 268 g/mol. The molecule has 0 saturated carbocycles. The topological polar surface area (TPSA) is 51.1 Å². The van der Waals surface area contributed by atoms with Crippen LogP contribution in [0.1, 0.15) is 5.56 Å². The summed E-state index contributed by atoms with van der Waals surface area (Å²) in [5.41, 5.74) is 1.13. The summed E-state index contributed by atoms with van der Waals surface area (Å²) in [5.74, 6) is 0. The second-order valence-corrected chi connectivity index (χ2v) is 4.83. The average Bonchev–Trinajstić information content (AvgIpc) is 2.28. The van der Waals surface area contributed by atoms with Crippen molar-refractivity contribution in [2.24, 2.45) is 0 Å². The molecule has 0 aliphatic heterocycles. The Bertz CT molecular complexity index is 468. The van der Waals surface area contributed by atoms with Gasteiger partial charge in [-0.3, -0.25) is 0 Å². The van der Waals surface area contributed by atoms with Crippen molar-refractivity contribution in [2.75, 3.05) is 32.5 Å². The molecule has 0 fully saturated rings. The van der Waals surface area contributed by atoms with E-state index in [1.807, 2.05) is 14.1 Å². The first-order valence-electron chi connectivity index (χ1n) is 5.42. The fraction of sp³-hybridized carbons (Fsp3) is 0.333. The summed E-state index contributed by atoms with van der Waals surface area (Å²) in [5, 5.41) is 16.0. The van der Waals surface area contributed by atoms with E-state index >= 15 is 0 Å². The molecular formula is C12H15ClN4S. The summed E-state index contributed by atoms with van der Waals surface area (Å²) in [7, 11) is 3.98. The molecule has 1 rings (SSSR count). The molecule has 18 heavy (non-hydrogen) atoms. The van der Waals surface area contributed by atoms with E-state index in [2.05, 4.69) is 21.6 Å². The Balaban J connectivity index is 2.59. The van der Waals surface area contributed by atoms with Gasteiger partial charge in [0.1, 0.15) is 6.07 Å². The molecule has 0 heterocycles. The number of likely N-dealkylation sites (N-methyl/N-ethyl adjacent to an activating group) is 1. The molecule has 4 nitrogen and oxygen atoms in total. The van der Waals surface area contributed by atoms with Crippen LogP contribution in [0, 0.1) is 11.3 Å². The number of nitrogens with one attached hydrogen (secondary N) is 2. The number of hydrogen-bond donors (Lipinski definition) is 2.